The van der Waals surface area contributed by atoms with Gasteiger partial charge in [0.25, 0.3) is 0 Å². The predicted octanol–water partition coefficient (Wildman–Crippen LogP) is 4.08. The third-order valence-electron chi connectivity index (χ3n) is 6.87. The lowest BCUT2D eigenvalue weighted by Crippen LogP contribution is -2.50. The summed E-state index contributed by atoms with van der Waals surface area (Å²) in [5.74, 6) is 1.11. The fourth-order valence-corrected chi connectivity index (χ4v) is 5.89. The lowest BCUT2D eigenvalue weighted by Gasteiger charge is -2.37. The number of nitrogens with zero attached hydrogens (tertiary/aromatic N) is 6. The number of benzene rings is 2. The molecular formula is C27H34N6OS. The number of piperidine rings is 1. The maximum Gasteiger partial charge on any atom is 0.236 e. The first-order valence-electron chi connectivity index (χ1n) is 12.7. The molecule has 7 nitrogen and oxygen atoms in total. The standard InChI is InChI=1S/C27H34N6OS/c1-22(26(34)32-19-17-31(18-20-32)23-11-5-2-6-12-23)35-27-29-28-25(21-30-15-9-4-10-16-30)33(27)24-13-7-3-8-14-24/h2-3,5-8,11-14,22H,4,9-10,15-21H2,1H3/t22-/m1/s1. The number of aromatic nitrogens is 3. The van der Waals surface area contributed by atoms with E-state index in [1.807, 2.05) is 36.1 Å². The van der Waals surface area contributed by atoms with Crippen molar-refractivity contribution in [3.8, 4) is 5.69 Å². The smallest absolute Gasteiger partial charge is 0.236 e. The Kier molecular flexibility index (Phi) is 7.69. The SMILES string of the molecule is C[C@@H](Sc1nnc(CN2CCCCC2)n1-c1ccccc1)C(=O)N1CCN(c2ccccc2)CC1. The second-order valence-electron chi connectivity index (χ2n) is 9.31. The highest BCUT2D eigenvalue weighted by molar-refractivity contribution is 8.00. The third kappa shape index (κ3) is 5.70. The number of hydrogen-bond donors (Lipinski definition) is 0. The minimum atomic E-state index is -0.229. The van der Waals surface area contributed by atoms with Gasteiger partial charge in [-0.05, 0) is 57.1 Å². The van der Waals surface area contributed by atoms with E-state index in [9.17, 15) is 4.79 Å². The van der Waals surface area contributed by atoms with E-state index in [4.69, 9.17) is 0 Å². The summed E-state index contributed by atoms with van der Waals surface area (Å²) in [4.78, 5) is 20.1. The summed E-state index contributed by atoms with van der Waals surface area (Å²) < 4.78 is 2.14. The molecule has 5 rings (SSSR count). The number of para-hydroxylation sites is 2. The van der Waals surface area contributed by atoms with Gasteiger partial charge in [0.2, 0.25) is 5.91 Å². The summed E-state index contributed by atoms with van der Waals surface area (Å²) in [7, 11) is 0. The predicted molar refractivity (Wildman–Crippen MR) is 141 cm³/mol. The van der Waals surface area contributed by atoms with Gasteiger partial charge in [-0.2, -0.15) is 0 Å². The van der Waals surface area contributed by atoms with Crippen LogP contribution in [-0.4, -0.2) is 75.0 Å². The second kappa shape index (κ2) is 11.3. The van der Waals surface area contributed by atoms with Gasteiger partial charge < -0.3 is 9.80 Å². The Bertz CT molecular complexity index is 1090. The van der Waals surface area contributed by atoms with Crippen LogP contribution in [0.4, 0.5) is 5.69 Å². The molecule has 1 amide bonds. The molecule has 2 aliphatic heterocycles. The van der Waals surface area contributed by atoms with Crippen molar-refractivity contribution in [2.75, 3.05) is 44.2 Å². The van der Waals surface area contributed by atoms with Crippen LogP contribution in [0.5, 0.6) is 0 Å². The second-order valence-corrected chi connectivity index (χ2v) is 10.6. The van der Waals surface area contributed by atoms with Crippen LogP contribution in [0.3, 0.4) is 0 Å². The molecule has 1 aromatic heterocycles. The Balaban J connectivity index is 1.27. The number of rotatable bonds is 7. The van der Waals surface area contributed by atoms with Gasteiger partial charge in [0.1, 0.15) is 0 Å². The van der Waals surface area contributed by atoms with Crippen molar-refractivity contribution in [2.45, 2.75) is 43.1 Å². The minimum Gasteiger partial charge on any atom is -0.368 e. The van der Waals surface area contributed by atoms with E-state index in [1.165, 1.54) is 36.7 Å². The molecule has 8 heteroatoms. The molecule has 0 spiro atoms. The fraction of sp³-hybridized carbons (Fsp3) is 0.444. The quantitative estimate of drug-likeness (QED) is 0.465. The van der Waals surface area contributed by atoms with Crippen LogP contribution in [-0.2, 0) is 11.3 Å². The average molecular weight is 491 g/mol. The van der Waals surface area contributed by atoms with Gasteiger partial charge in [0.15, 0.2) is 11.0 Å². The normalized spacial score (nSPS) is 18.0. The van der Waals surface area contributed by atoms with Gasteiger partial charge in [-0.25, -0.2) is 0 Å². The zero-order chi connectivity index (χ0) is 24.0. The number of piperazine rings is 1. The van der Waals surface area contributed by atoms with E-state index in [0.717, 1.165) is 62.5 Å². The van der Waals surface area contributed by atoms with E-state index in [-0.39, 0.29) is 11.2 Å². The highest BCUT2D eigenvalue weighted by Crippen LogP contribution is 2.28. The summed E-state index contributed by atoms with van der Waals surface area (Å²) in [5.41, 5.74) is 2.27. The van der Waals surface area contributed by atoms with E-state index >= 15 is 0 Å². The first-order valence-corrected chi connectivity index (χ1v) is 13.5. The first-order chi connectivity index (χ1) is 17.2. The monoisotopic (exact) mass is 490 g/mol. The molecule has 2 fully saturated rings. The zero-order valence-electron chi connectivity index (χ0n) is 20.4. The Labute approximate surface area is 212 Å². The number of amides is 1. The molecule has 184 valence electrons. The van der Waals surface area contributed by atoms with Crippen molar-refractivity contribution in [1.82, 2.24) is 24.6 Å². The summed E-state index contributed by atoms with van der Waals surface area (Å²) in [6.45, 7) is 8.17. The fourth-order valence-electron chi connectivity index (χ4n) is 4.92. The molecule has 3 heterocycles. The van der Waals surface area contributed by atoms with E-state index in [0.29, 0.717) is 0 Å². The van der Waals surface area contributed by atoms with Crippen molar-refractivity contribution in [1.29, 1.82) is 0 Å². The lowest BCUT2D eigenvalue weighted by atomic mass is 10.1. The van der Waals surface area contributed by atoms with Crippen LogP contribution in [0.2, 0.25) is 0 Å². The molecule has 2 aliphatic rings. The molecule has 2 saturated heterocycles. The summed E-state index contributed by atoms with van der Waals surface area (Å²) in [5, 5.41) is 9.68. The number of hydrogen-bond acceptors (Lipinski definition) is 6. The number of carbonyl (C=O) groups is 1. The topological polar surface area (TPSA) is 57.5 Å². The molecule has 3 aromatic rings. The molecule has 0 bridgehead atoms. The molecular weight excluding hydrogens is 456 g/mol. The molecule has 1 atom stereocenters. The van der Waals surface area contributed by atoms with E-state index < -0.39 is 0 Å². The molecule has 0 N–H and O–H groups in total. The van der Waals surface area contributed by atoms with Crippen LogP contribution in [0.25, 0.3) is 5.69 Å². The maximum atomic E-state index is 13.3. The van der Waals surface area contributed by atoms with Gasteiger partial charge in [-0.1, -0.05) is 54.6 Å². The van der Waals surface area contributed by atoms with Gasteiger partial charge in [-0.3, -0.25) is 14.3 Å². The number of anilines is 1. The zero-order valence-corrected chi connectivity index (χ0v) is 21.2. The number of likely N-dealkylation sites (tertiary alicyclic amines) is 1. The Morgan fingerprint density at radius 3 is 2.11 bits per heavy atom. The Morgan fingerprint density at radius 1 is 0.829 bits per heavy atom. The summed E-state index contributed by atoms with van der Waals surface area (Å²) >= 11 is 1.51. The molecule has 0 unspecified atom stereocenters. The summed E-state index contributed by atoms with van der Waals surface area (Å²) in [6, 6.07) is 20.7. The highest BCUT2D eigenvalue weighted by Gasteiger charge is 2.28. The van der Waals surface area contributed by atoms with Crippen LogP contribution < -0.4 is 4.90 Å². The molecule has 0 aliphatic carbocycles. The van der Waals surface area contributed by atoms with Crippen molar-refractivity contribution in [3.05, 3.63) is 66.5 Å². The van der Waals surface area contributed by atoms with Crippen molar-refractivity contribution in [2.24, 2.45) is 0 Å². The van der Waals surface area contributed by atoms with Gasteiger partial charge >= 0.3 is 0 Å². The van der Waals surface area contributed by atoms with Crippen molar-refractivity contribution < 1.29 is 4.79 Å². The molecule has 35 heavy (non-hydrogen) atoms. The molecule has 2 aromatic carbocycles. The van der Waals surface area contributed by atoms with Crippen LogP contribution in [0.15, 0.2) is 65.8 Å². The highest BCUT2D eigenvalue weighted by atomic mass is 32.2. The minimum absolute atomic E-state index is 0.169. The molecule has 0 radical (unpaired) electrons. The van der Waals surface area contributed by atoms with Gasteiger partial charge in [0.05, 0.1) is 11.8 Å². The van der Waals surface area contributed by atoms with Gasteiger partial charge in [-0.15, -0.1) is 10.2 Å². The average Bonchev–Trinajstić information content (AvgIpc) is 3.31. The van der Waals surface area contributed by atoms with E-state index in [2.05, 4.69) is 61.0 Å². The van der Waals surface area contributed by atoms with Gasteiger partial charge in [0, 0.05) is 37.6 Å². The first kappa shape index (κ1) is 23.9. The van der Waals surface area contributed by atoms with Crippen molar-refractivity contribution >= 4 is 23.4 Å². The van der Waals surface area contributed by atoms with Crippen LogP contribution in [0.1, 0.15) is 32.0 Å². The number of thioether (sulfide) groups is 1. The third-order valence-corrected chi connectivity index (χ3v) is 7.90. The van der Waals surface area contributed by atoms with E-state index in [1.54, 1.807) is 0 Å². The lowest BCUT2D eigenvalue weighted by molar-refractivity contribution is -0.130. The number of carbonyl (C=O) groups excluding carboxylic acids is 1. The summed E-state index contributed by atoms with van der Waals surface area (Å²) in [6.07, 6.45) is 3.79. The van der Waals surface area contributed by atoms with Crippen LogP contribution in [0, 0.1) is 0 Å². The molecule has 0 saturated carbocycles. The Hall–Kier alpha value is -2.84. The Morgan fingerprint density at radius 2 is 1.46 bits per heavy atom. The maximum absolute atomic E-state index is 13.3. The van der Waals surface area contributed by atoms with Crippen molar-refractivity contribution in [3.63, 3.8) is 0 Å². The van der Waals surface area contributed by atoms with Crippen LogP contribution >= 0.6 is 11.8 Å². The largest absolute Gasteiger partial charge is 0.368 e.